The van der Waals surface area contributed by atoms with Crippen LogP contribution in [-0.2, 0) is 0 Å². The van der Waals surface area contributed by atoms with Gasteiger partial charge in [0.05, 0.1) is 5.56 Å². The van der Waals surface area contributed by atoms with Gasteiger partial charge in [0.25, 0.3) is 0 Å². The molecule has 1 aromatic heterocycles. The number of hydrogen-bond donors (Lipinski definition) is 3. The fraction of sp³-hybridized carbons (Fsp3) is 0.421. The molecule has 1 spiro atoms. The van der Waals surface area contributed by atoms with Crippen LogP contribution in [0.3, 0.4) is 0 Å². The molecule has 2 aromatic rings. The third-order valence-corrected chi connectivity index (χ3v) is 6.43. The van der Waals surface area contributed by atoms with E-state index in [4.69, 9.17) is 5.73 Å². The highest BCUT2D eigenvalue weighted by Gasteiger charge is 2.44. The lowest BCUT2D eigenvalue weighted by Crippen LogP contribution is -2.60. The smallest absolute Gasteiger partial charge is 0.208 e. The number of allylic oxidation sites excluding steroid dienone is 1. The Balaban J connectivity index is 1.50. The molecule has 0 bridgehead atoms. The van der Waals surface area contributed by atoms with Gasteiger partial charge in [-0.1, -0.05) is 17.4 Å². The number of benzene rings is 1. The van der Waals surface area contributed by atoms with Gasteiger partial charge in [-0.15, -0.1) is 10.2 Å². The zero-order valence-corrected chi connectivity index (χ0v) is 16.2. The lowest BCUT2D eigenvalue weighted by atomic mass is 9.73. The molecule has 4 N–H and O–H groups in total. The Morgan fingerprint density at radius 3 is 2.78 bits per heavy atom. The van der Waals surface area contributed by atoms with Crippen LogP contribution in [0.5, 0.6) is 5.75 Å². The number of phenols is 1. The van der Waals surface area contributed by atoms with E-state index in [9.17, 15) is 5.11 Å². The van der Waals surface area contributed by atoms with Gasteiger partial charge in [0.1, 0.15) is 5.75 Å². The Bertz CT molecular complexity index is 876. The summed E-state index contributed by atoms with van der Waals surface area (Å²) in [5.74, 6) is 0.164. The van der Waals surface area contributed by atoms with E-state index in [-0.39, 0.29) is 5.75 Å². The maximum absolute atomic E-state index is 10.5. The van der Waals surface area contributed by atoms with Crippen LogP contribution in [0.15, 0.2) is 29.4 Å². The van der Waals surface area contributed by atoms with Gasteiger partial charge in [0.15, 0.2) is 5.01 Å². The molecule has 0 atom stereocenters. The molecule has 1 aromatic carbocycles. The van der Waals surface area contributed by atoms with Crippen molar-refractivity contribution in [2.24, 2.45) is 16.1 Å². The average molecular weight is 385 g/mol. The van der Waals surface area contributed by atoms with Crippen molar-refractivity contribution in [3.8, 4) is 16.3 Å². The zero-order chi connectivity index (χ0) is 18.9. The Morgan fingerprint density at radius 2 is 2.11 bits per heavy atom. The summed E-state index contributed by atoms with van der Waals surface area (Å²) < 4.78 is 0. The lowest BCUT2D eigenvalue weighted by Gasteiger charge is -2.52. The third-order valence-electron chi connectivity index (χ3n) is 5.41. The molecule has 4 rings (SSSR count). The zero-order valence-electron chi connectivity index (χ0n) is 15.4. The van der Waals surface area contributed by atoms with Crippen LogP contribution < -0.4 is 16.0 Å². The summed E-state index contributed by atoms with van der Waals surface area (Å²) in [6.07, 6.45) is 5.61. The van der Waals surface area contributed by atoms with Crippen LogP contribution in [-0.4, -0.2) is 54.7 Å². The van der Waals surface area contributed by atoms with Gasteiger partial charge in [-0.05, 0) is 43.6 Å². The van der Waals surface area contributed by atoms with Crippen molar-refractivity contribution in [3.05, 3.63) is 30.0 Å². The first-order valence-corrected chi connectivity index (χ1v) is 9.93. The first-order valence-electron chi connectivity index (χ1n) is 9.11. The second-order valence-corrected chi connectivity index (χ2v) is 8.19. The van der Waals surface area contributed by atoms with Crippen molar-refractivity contribution in [1.82, 2.24) is 15.5 Å². The predicted molar refractivity (Wildman–Crippen MR) is 110 cm³/mol. The van der Waals surface area contributed by atoms with Gasteiger partial charge >= 0.3 is 0 Å². The van der Waals surface area contributed by atoms with E-state index < -0.39 is 0 Å². The number of hydrogen-bond acceptors (Lipinski definition) is 8. The van der Waals surface area contributed by atoms with Crippen LogP contribution >= 0.6 is 11.3 Å². The number of aliphatic imine (C=N–C) groups is 1. The molecule has 27 heavy (non-hydrogen) atoms. The van der Waals surface area contributed by atoms with Gasteiger partial charge in [-0.3, -0.25) is 4.99 Å². The summed E-state index contributed by atoms with van der Waals surface area (Å²) >= 11 is 1.52. The SMILES string of the molecule is CN=CC(=CN)c1ccc(-c2nnc(N3CC4(CCNCC4)C3)s2)c(O)c1. The highest BCUT2D eigenvalue weighted by molar-refractivity contribution is 7.18. The topological polar surface area (TPSA) is 99.7 Å². The molecule has 0 amide bonds. The fourth-order valence-corrected chi connectivity index (χ4v) is 4.75. The molecule has 2 saturated heterocycles. The van der Waals surface area contributed by atoms with Crippen LogP contribution in [0, 0.1) is 5.41 Å². The number of anilines is 1. The number of aromatic hydroxyl groups is 1. The number of aromatic nitrogens is 2. The molecule has 142 valence electrons. The van der Waals surface area contributed by atoms with Crippen molar-refractivity contribution < 1.29 is 5.11 Å². The number of piperidine rings is 1. The Morgan fingerprint density at radius 1 is 1.33 bits per heavy atom. The second kappa shape index (κ2) is 7.28. The molecule has 2 fully saturated rings. The molecule has 2 aliphatic heterocycles. The van der Waals surface area contributed by atoms with Crippen molar-refractivity contribution in [3.63, 3.8) is 0 Å². The maximum atomic E-state index is 10.5. The maximum Gasteiger partial charge on any atom is 0.208 e. The largest absolute Gasteiger partial charge is 0.507 e. The van der Waals surface area contributed by atoms with Gasteiger partial charge in [0.2, 0.25) is 5.13 Å². The fourth-order valence-electron chi connectivity index (χ4n) is 3.87. The summed E-state index contributed by atoms with van der Waals surface area (Å²) in [4.78, 5) is 6.28. The Hall–Kier alpha value is -2.45. The number of phenolic OH excluding ortho intramolecular Hbond substituents is 1. The van der Waals surface area contributed by atoms with Crippen molar-refractivity contribution >= 4 is 28.3 Å². The van der Waals surface area contributed by atoms with E-state index >= 15 is 0 Å². The van der Waals surface area contributed by atoms with Crippen molar-refractivity contribution in [2.45, 2.75) is 12.8 Å². The molecular weight excluding hydrogens is 360 g/mol. The summed E-state index contributed by atoms with van der Waals surface area (Å²) in [6, 6.07) is 5.45. The van der Waals surface area contributed by atoms with E-state index in [1.165, 1.54) is 30.4 Å². The summed E-state index contributed by atoms with van der Waals surface area (Å²) in [5.41, 5.74) is 8.34. The van der Waals surface area contributed by atoms with Crippen LogP contribution in [0.4, 0.5) is 5.13 Å². The van der Waals surface area contributed by atoms with E-state index in [0.29, 0.717) is 11.0 Å². The number of nitrogens with zero attached hydrogens (tertiary/aromatic N) is 4. The van der Waals surface area contributed by atoms with E-state index in [1.54, 1.807) is 19.3 Å². The van der Waals surface area contributed by atoms with Crippen LogP contribution in [0.2, 0.25) is 0 Å². The predicted octanol–water partition coefficient (Wildman–Crippen LogP) is 2.10. The third kappa shape index (κ3) is 3.42. The summed E-state index contributed by atoms with van der Waals surface area (Å²) in [5, 5.41) is 24.2. The lowest BCUT2D eigenvalue weighted by molar-refractivity contribution is 0.149. The van der Waals surface area contributed by atoms with Crippen LogP contribution in [0.1, 0.15) is 18.4 Å². The van der Waals surface area contributed by atoms with Gasteiger partial charge in [0, 0.05) is 43.5 Å². The molecule has 2 aliphatic rings. The molecule has 7 nitrogen and oxygen atoms in total. The highest BCUT2D eigenvalue weighted by atomic mass is 32.1. The molecule has 3 heterocycles. The summed E-state index contributed by atoms with van der Waals surface area (Å²) in [6.45, 7) is 4.32. The van der Waals surface area contributed by atoms with Gasteiger partial charge in [-0.25, -0.2) is 0 Å². The number of nitrogens with one attached hydrogen (secondary N) is 1. The van der Waals surface area contributed by atoms with Crippen molar-refractivity contribution in [1.29, 1.82) is 0 Å². The molecular formula is C19H24N6OS. The Labute approximate surface area is 162 Å². The van der Waals surface area contributed by atoms with E-state index in [1.807, 2.05) is 12.1 Å². The first-order chi connectivity index (χ1) is 13.1. The molecule has 8 heteroatoms. The van der Waals surface area contributed by atoms with Gasteiger partial charge in [-0.2, -0.15) is 0 Å². The minimum Gasteiger partial charge on any atom is -0.507 e. The molecule has 0 aliphatic carbocycles. The highest BCUT2D eigenvalue weighted by Crippen LogP contribution is 2.43. The number of nitrogens with two attached hydrogens (primary N) is 1. The molecule has 0 radical (unpaired) electrons. The number of rotatable bonds is 4. The monoisotopic (exact) mass is 384 g/mol. The van der Waals surface area contributed by atoms with Gasteiger partial charge < -0.3 is 21.1 Å². The standard InChI is InChI=1S/C19H24N6OS/c1-21-10-14(9-20)13-2-3-15(16(26)8-13)17-23-24-18(27-17)25-11-19(12-25)4-6-22-7-5-19/h2-3,8-10,22,26H,4-7,11-12,20H2,1H3. The van der Waals surface area contributed by atoms with E-state index in [0.717, 1.165) is 47.5 Å². The minimum absolute atomic E-state index is 0.164. The Kier molecular flexibility index (Phi) is 4.84. The average Bonchev–Trinajstić information content (AvgIpc) is 3.14. The quantitative estimate of drug-likeness (QED) is 0.698. The normalized spacial score (nSPS) is 19.6. The minimum atomic E-state index is 0.164. The van der Waals surface area contributed by atoms with Crippen molar-refractivity contribution in [2.75, 3.05) is 38.1 Å². The van der Waals surface area contributed by atoms with E-state index in [2.05, 4.69) is 25.4 Å². The first kappa shape index (κ1) is 17.9. The molecule has 0 saturated carbocycles. The molecule has 0 unspecified atom stereocenters. The summed E-state index contributed by atoms with van der Waals surface area (Å²) in [7, 11) is 1.68. The second-order valence-electron chi connectivity index (χ2n) is 7.24. The van der Waals surface area contributed by atoms with Crippen LogP contribution in [0.25, 0.3) is 16.1 Å².